The van der Waals surface area contributed by atoms with Gasteiger partial charge in [-0.15, -0.1) is 11.3 Å². The molecule has 0 spiro atoms. The van der Waals surface area contributed by atoms with Crippen LogP contribution < -0.4 is 5.32 Å². The zero-order chi connectivity index (χ0) is 15.8. The van der Waals surface area contributed by atoms with Crippen LogP contribution in [-0.4, -0.2) is 23.0 Å². The molecule has 4 nitrogen and oxygen atoms in total. The fraction of sp³-hybridized carbons (Fsp3) is 0.500. The number of hydrogen-bond acceptors (Lipinski definition) is 3. The quantitative estimate of drug-likeness (QED) is 0.718. The molecular weight excluding hydrogens is 286 g/mol. The van der Waals surface area contributed by atoms with Crippen LogP contribution in [0.2, 0.25) is 0 Å². The van der Waals surface area contributed by atoms with Crippen LogP contribution in [0.4, 0.5) is 0 Å². The molecule has 2 N–H and O–H groups in total. The standard InChI is InChI=1S/C16H23NO3S/c1-11(2)5-4-6-12(3)17-16(20)13-9-14(21-10-13)7-8-15(18)19/h7-12H,4-6H2,1-3H3,(H,17,20)(H,18,19). The van der Waals surface area contributed by atoms with Crippen LogP contribution in [0, 0.1) is 5.92 Å². The lowest BCUT2D eigenvalue weighted by Gasteiger charge is -2.13. The van der Waals surface area contributed by atoms with Gasteiger partial charge in [0.1, 0.15) is 0 Å². The third kappa shape index (κ3) is 7.09. The molecule has 1 amide bonds. The van der Waals surface area contributed by atoms with Gasteiger partial charge >= 0.3 is 5.97 Å². The van der Waals surface area contributed by atoms with Gasteiger partial charge in [-0.1, -0.05) is 26.7 Å². The zero-order valence-electron chi connectivity index (χ0n) is 12.8. The van der Waals surface area contributed by atoms with Gasteiger partial charge in [0, 0.05) is 22.4 Å². The van der Waals surface area contributed by atoms with E-state index < -0.39 is 5.97 Å². The molecule has 5 heteroatoms. The first-order valence-corrected chi connectivity index (χ1v) is 8.07. The monoisotopic (exact) mass is 309 g/mol. The summed E-state index contributed by atoms with van der Waals surface area (Å²) in [7, 11) is 0. The second-order valence-corrected chi connectivity index (χ2v) is 6.55. The van der Waals surface area contributed by atoms with E-state index in [4.69, 9.17) is 5.11 Å². The van der Waals surface area contributed by atoms with E-state index in [-0.39, 0.29) is 11.9 Å². The van der Waals surface area contributed by atoms with E-state index in [2.05, 4.69) is 19.2 Å². The number of rotatable bonds is 8. The minimum atomic E-state index is -0.992. The Hall–Kier alpha value is -1.62. The van der Waals surface area contributed by atoms with Gasteiger partial charge in [0.2, 0.25) is 0 Å². The maximum atomic E-state index is 12.1. The summed E-state index contributed by atoms with van der Waals surface area (Å²) in [4.78, 5) is 23.3. The minimum Gasteiger partial charge on any atom is -0.478 e. The summed E-state index contributed by atoms with van der Waals surface area (Å²) >= 11 is 1.36. The topological polar surface area (TPSA) is 66.4 Å². The molecule has 0 aliphatic rings. The number of aliphatic carboxylic acids is 1. The highest BCUT2D eigenvalue weighted by Gasteiger charge is 2.11. The molecule has 116 valence electrons. The predicted octanol–water partition coefficient (Wildman–Crippen LogP) is 3.79. The number of carbonyl (C=O) groups excluding carboxylic acids is 1. The Bertz CT molecular complexity index is 505. The fourth-order valence-corrected chi connectivity index (χ4v) is 2.70. The number of carbonyl (C=O) groups is 2. The number of amides is 1. The van der Waals surface area contributed by atoms with Crippen LogP contribution in [0.25, 0.3) is 6.08 Å². The molecular formula is C16H23NO3S. The number of carboxylic acid groups (broad SMARTS) is 1. The van der Waals surface area contributed by atoms with Gasteiger partial charge in [0.25, 0.3) is 5.91 Å². The van der Waals surface area contributed by atoms with Crippen molar-refractivity contribution < 1.29 is 14.7 Å². The first-order chi connectivity index (χ1) is 9.88. The van der Waals surface area contributed by atoms with Crippen LogP contribution in [0.15, 0.2) is 17.5 Å². The van der Waals surface area contributed by atoms with Crippen molar-refractivity contribution in [2.24, 2.45) is 5.92 Å². The summed E-state index contributed by atoms with van der Waals surface area (Å²) in [6, 6.07) is 1.86. The Balaban J connectivity index is 2.46. The Morgan fingerprint density at radius 1 is 1.33 bits per heavy atom. The van der Waals surface area contributed by atoms with Crippen molar-refractivity contribution in [1.82, 2.24) is 5.32 Å². The molecule has 1 unspecified atom stereocenters. The van der Waals surface area contributed by atoms with E-state index in [0.29, 0.717) is 11.5 Å². The molecule has 0 bridgehead atoms. The second-order valence-electron chi connectivity index (χ2n) is 5.61. The van der Waals surface area contributed by atoms with Gasteiger partial charge in [0.15, 0.2) is 0 Å². The third-order valence-electron chi connectivity index (χ3n) is 3.07. The highest BCUT2D eigenvalue weighted by atomic mass is 32.1. The molecule has 0 aromatic carbocycles. The summed E-state index contributed by atoms with van der Waals surface area (Å²) in [6.07, 6.45) is 5.82. The van der Waals surface area contributed by atoms with E-state index in [0.717, 1.165) is 23.8 Å². The van der Waals surface area contributed by atoms with Crippen LogP contribution in [0.3, 0.4) is 0 Å². The smallest absolute Gasteiger partial charge is 0.328 e. The first-order valence-electron chi connectivity index (χ1n) is 7.19. The molecule has 0 aliphatic heterocycles. The average Bonchev–Trinajstić information content (AvgIpc) is 2.84. The Labute approximate surface area is 129 Å². The predicted molar refractivity (Wildman–Crippen MR) is 86.6 cm³/mol. The van der Waals surface area contributed by atoms with Gasteiger partial charge in [-0.3, -0.25) is 4.79 Å². The van der Waals surface area contributed by atoms with Crippen molar-refractivity contribution in [1.29, 1.82) is 0 Å². The SMILES string of the molecule is CC(C)CCCC(C)NC(=O)c1csc(C=CC(=O)O)c1. The molecule has 1 atom stereocenters. The van der Waals surface area contributed by atoms with Gasteiger partial charge in [-0.25, -0.2) is 4.79 Å². The number of thiophene rings is 1. The largest absolute Gasteiger partial charge is 0.478 e. The van der Waals surface area contributed by atoms with Crippen molar-refractivity contribution in [3.05, 3.63) is 28.0 Å². The second kappa shape index (κ2) is 8.62. The van der Waals surface area contributed by atoms with Gasteiger partial charge in [0.05, 0.1) is 5.56 Å². The van der Waals surface area contributed by atoms with Gasteiger partial charge < -0.3 is 10.4 Å². The zero-order valence-corrected chi connectivity index (χ0v) is 13.6. The third-order valence-corrected chi connectivity index (χ3v) is 3.97. The average molecular weight is 309 g/mol. The van der Waals surface area contributed by atoms with E-state index in [1.165, 1.54) is 23.8 Å². The molecule has 0 radical (unpaired) electrons. The number of hydrogen-bond donors (Lipinski definition) is 2. The molecule has 0 fully saturated rings. The first kappa shape index (κ1) is 17.4. The van der Waals surface area contributed by atoms with Crippen molar-refractivity contribution in [3.63, 3.8) is 0 Å². The highest BCUT2D eigenvalue weighted by molar-refractivity contribution is 7.11. The Morgan fingerprint density at radius 3 is 2.67 bits per heavy atom. The summed E-state index contributed by atoms with van der Waals surface area (Å²) in [5, 5.41) is 13.3. The van der Waals surface area contributed by atoms with Crippen LogP contribution >= 0.6 is 11.3 Å². The summed E-state index contributed by atoms with van der Waals surface area (Å²) in [5.41, 5.74) is 0.584. The molecule has 0 saturated heterocycles. The molecule has 1 heterocycles. The van der Waals surface area contributed by atoms with Crippen molar-refractivity contribution in [2.75, 3.05) is 0 Å². The van der Waals surface area contributed by atoms with Gasteiger partial charge in [-0.05, 0) is 31.4 Å². The summed E-state index contributed by atoms with van der Waals surface area (Å²) < 4.78 is 0. The molecule has 1 rings (SSSR count). The van der Waals surface area contributed by atoms with E-state index in [1.807, 2.05) is 6.92 Å². The summed E-state index contributed by atoms with van der Waals surface area (Å²) in [5.74, 6) is -0.403. The lowest BCUT2D eigenvalue weighted by molar-refractivity contribution is -0.131. The fourth-order valence-electron chi connectivity index (χ4n) is 1.92. The lowest BCUT2D eigenvalue weighted by Crippen LogP contribution is -2.32. The van der Waals surface area contributed by atoms with E-state index >= 15 is 0 Å². The highest BCUT2D eigenvalue weighted by Crippen LogP contribution is 2.17. The van der Waals surface area contributed by atoms with E-state index in [1.54, 1.807) is 11.4 Å². The van der Waals surface area contributed by atoms with Crippen molar-refractivity contribution in [3.8, 4) is 0 Å². The molecule has 21 heavy (non-hydrogen) atoms. The van der Waals surface area contributed by atoms with Crippen molar-refractivity contribution >= 4 is 29.3 Å². The molecule has 0 saturated carbocycles. The number of carboxylic acids is 1. The molecule has 1 aromatic rings. The van der Waals surface area contributed by atoms with Crippen LogP contribution in [0.5, 0.6) is 0 Å². The lowest BCUT2D eigenvalue weighted by atomic mass is 10.0. The molecule has 0 aliphatic carbocycles. The van der Waals surface area contributed by atoms with Crippen LogP contribution in [0.1, 0.15) is 55.3 Å². The number of nitrogens with one attached hydrogen (secondary N) is 1. The Morgan fingerprint density at radius 2 is 2.05 bits per heavy atom. The maximum Gasteiger partial charge on any atom is 0.328 e. The van der Waals surface area contributed by atoms with Crippen LogP contribution in [-0.2, 0) is 4.79 Å². The van der Waals surface area contributed by atoms with E-state index in [9.17, 15) is 9.59 Å². The maximum absolute atomic E-state index is 12.1. The van der Waals surface area contributed by atoms with Crippen molar-refractivity contribution in [2.45, 2.75) is 46.1 Å². The van der Waals surface area contributed by atoms with Gasteiger partial charge in [-0.2, -0.15) is 0 Å². The molecule has 1 aromatic heterocycles. The normalized spacial score (nSPS) is 12.8. The Kier molecular flexibility index (Phi) is 7.15. The minimum absolute atomic E-state index is 0.0988. The summed E-state index contributed by atoms with van der Waals surface area (Å²) in [6.45, 7) is 6.40.